The van der Waals surface area contributed by atoms with E-state index in [1.54, 1.807) is 72.8 Å². The summed E-state index contributed by atoms with van der Waals surface area (Å²) in [6.07, 6.45) is 0. The molecule has 0 aliphatic rings. The largest absolute Gasteiger partial charge is 0.494 e. The maximum atomic E-state index is 12.2. The number of rotatable bonds is 6. The fourth-order valence-corrected chi connectivity index (χ4v) is 2.42. The Morgan fingerprint density at radius 2 is 1.41 bits per heavy atom. The average molecular weight is 361 g/mol. The molecular weight excluding hydrogens is 342 g/mol. The summed E-state index contributed by atoms with van der Waals surface area (Å²) >= 11 is 0. The summed E-state index contributed by atoms with van der Waals surface area (Å²) in [5, 5.41) is 2.80. The van der Waals surface area contributed by atoms with Crippen molar-refractivity contribution in [1.82, 2.24) is 0 Å². The van der Waals surface area contributed by atoms with E-state index in [2.05, 4.69) is 5.32 Å². The summed E-state index contributed by atoms with van der Waals surface area (Å²) in [5.74, 6) is 0.438. The van der Waals surface area contributed by atoms with Crippen LogP contribution in [0.4, 0.5) is 5.69 Å². The molecule has 5 nitrogen and oxygen atoms in total. The first-order chi connectivity index (χ1) is 13.2. The first-order valence-electron chi connectivity index (χ1n) is 8.57. The summed E-state index contributed by atoms with van der Waals surface area (Å²) in [6.45, 7) is 2.46. The van der Waals surface area contributed by atoms with Crippen molar-refractivity contribution in [2.24, 2.45) is 0 Å². The Labute approximate surface area is 157 Å². The second kappa shape index (κ2) is 8.67. The average Bonchev–Trinajstić information content (AvgIpc) is 2.71. The topological polar surface area (TPSA) is 64.6 Å². The second-order valence-electron chi connectivity index (χ2n) is 5.69. The Kier molecular flexibility index (Phi) is 5.84. The highest BCUT2D eigenvalue weighted by atomic mass is 16.5. The van der Waals surface area contributed by atoms with E-state index >= 15 is 0 Å². The van der Waals surface area contributed by atoms with Gasteiger partial charge in [-0.05, 0) is 67.6 Å². The Morgan fingerprint density at radius 1 is 0.778 bits per heavy atom. The zero-order chi connectivity index (χ0) is 19.1. The Morgan fingerprint density at radius 3 is 2.04 bits per heavy atom. The molecule has 0 aromatic heterocycles. The van der Waals surface area contributed by atoms with Crippen LogP contribution in [-0.4, -0.2) is 18.5 Å². The molecule has 5 heteroatoms. The van der Waals surface area contributed by atoms with E-state index in [-0.39, 0.29) is 5.91 Å². The number of hydrogen-bond acceptors (Lipinski definition) is 4. The SMILES string of the molecule is CCOc1ccc(C(=O)Oc2ccc(NC(=O)c3ccccc3)cc2)cc1. The van der Waals surface area contributed by atoms with Crippen LogP contribution in [0.2, 0.25) is 0 Å². The quantitative estimate of drug-likeness (QED) is 0.516. The van der Waals surface area contributed by atoms with Gasteiger partial charge >= 0.3 is 5.97 Å². The minimum absolute atomic E-state index is 0.199. The van der Waals surface area contributed by atoms with Crippen LogP contribution in [0.5, 0.6) is 11.5 Å². The lowest BCUT2D eigenvalue weighted by atomic mass is 10.2. The van der Waals surface area contributed by atoms with E-state index in [0.29, 0.717) is 34.9 Å². The zero-order valence-corrected chi connectivity index (χ0v) is 14.8. The lowest BCUT2D eigenvalue weighted by molar-refractivity contribution is 0.0734. The fourth-order valence-electron chi connectivity index (χ4n) is 2.42. The van der Waals surface area contributed by atoms with Gasteiger partial charge in [-0.1, -0.05) is 18.2 Å². The van der Waals surface area contributed by atoms with Gasteiger partial charge in [0, 0.05) is 11.3 Å². The number of anilines is 1. The van der Waals surface area contributed by atoms with Crippen LogP contribution in [0, 0.1) is 0 Å². The molecule has 0 bridgehead atoms. The van der Waals surface area contributed by atoms with E-state index in [9.17, 15) is 9.59 Å². The van der Waals surface area contributed by atoms with E-state index in [4.69, 9.17) is 9.47 Å². The van der Waals surface area contributed by atoms with Crippen molar-refractivity contribution >= 4 is 17.6 Å². The van der Waals surface area contributed by atoms with Crippen molar-refractivity contribution in [3.05, 3.63) is 90.0 Å². The number of hydrogen-bond donors (Lipinski definition) is 1. The minimum Gasteiger partial charge on any atom is -0.494 e. The van der Waals surface area contributed by atoms with Crippen molar-refractivity contribution in [2.45, 2.75) is 6.92 Å². The van der Waals surface area contributed by atoms with Gasteiger partial charge in [-0.15, -0.1) is 0 Å². The van der Waals surface area contributed by atoms with E-state index in [1.807, 2.05) is 13.0 Å². The Bertz CT molecular complexity index is 903. The van der Waals surface area contributed by atoms with E-state index < -0.39 is 5.97 Å². The third-order valence-electron chi connectivity index (χ3n) is 3.76. The third kappa shape index (κ3) is 4.95. The van der Waals surface area contributed by atoms with E-state index in [1.165, 1.54) is 0 Å². The molecular formula is C22H19NO4. The molecule has 0 fully saturated rings. The van der Waals surface area contributed by atoms with Gasteiger partial charge in [-0.2, -0.15) is 0 Å². The normalized spacial score (nSPS) is 10.1. The number of carbonyl (C=O) groups excluding carboxylic acids is 2. The van der Waals surface area contributed by atoms with Crippen LogP contribution in [0.15, 0.2) is 78.9 Å². The molecule has 0 unspecified atom stereocenters. The number of nitrogens with one attached hydrogen (secondary N) is 1. The van der Waals surface area contributed by atoms with Gasteiger partial charge in [0.05, 0.1) is 12.2 Å². The summed E-state index contributed by atoms with van der Waals surface area (Å²) in [5.41, 5.74) is 1.62. The fraction of sp³-hybridized carbons (Fsp3) is 0.0909. The summed E-state index contributed by atoms with van der Waals surface area (Å²) in [4.78, 5) is 24.3. The van der Waals surface area contributed by atoms with Crippen molar-refractivity contribution in [2.75, 3.05) is 11.9 Å². The molecule has 136 valence electrons. The summed E-state index contributed by atoms with van der Waals surface area (Å²) < 4.78 is 10.7. The Balaban J connectivity index is 1.60. The van der Waals surface area contributed by atoms with Crippen molar-refractivity contribution in [3.63, 3.8) is 0 Å². The minimum atomic E-state index is -0.459. The molecule has 0 atom stereocenters. The predicted octanol–water partition coefficient (Wildman–Crippen LogP) is 4.56. The molecule has 1 N–H and O–H groups in total. The van der Waals surface area contributed by atoms with Crippen LogP contribution in [0.25, 0.3) is 0 Å². The van der Waals surface area contributed by atoms with Gasteiger partial charge in [0.15, 0.2) is 0 Å². The molecule has 0 saturated heterocycles. The molecule has 0 aliphatic heterocycles. The van der Waals surface area contributed by atoms with Crippen LogP contribution in [0.1, 0.15) is 27.6 Å². The monoisotopic (exact) mass is 361 g/mol. The smallest absolute Gasteiger partial charge is 0.343 e. The van der Waals surface area contributed by atoms with Gasteiger partial charge in [0.25, 0.3) is 5.91 Å². The standard InChI is InChI=1S/C22H19NO4/c1-2-26-19-12-8-17(9-13-19)22(25)27-20-14-10-18(11-15-20)23-21(24)16-6-4-3-5-7-16/h3-15H,2H2,1H3,(H,23,24). The zero-order valence-electron chi connectivity index (χ0n) is 14.8. The molecule has 27 heavy (non-hydrogen) atoms. The molecule has 1 amide bonds. The van der Waals surface area contributed by atoms with Crippen molar-refractivity contribution in [3.8, 4) is 11.5 Å². The van der Waals surface area contributed by atoms with E-state index in [0.717, 1.165) is 0 Å². The Hall–Kier alpha value is -3.60. The maximum absolute atomic E-state index is 12.2. The first kappa shape index (κ1) is 18.2. The summed E-state index contributed by atoms with van der Waals surface area (Å²) in [6, 6.07) is 22.3. The molecule has 3 aromatic carbocycles. The highest BCUT2D eigenvalue weighted by molar-refractivity contribution is 6.04. The molecule has 0 aliphatic carbocycles. The molecule has 0 spiro atoms. The number of esters is 1. The van der Waals surface area contributed by atoms with Gasteiger partial charge in [0.1, 0.15) is 11.5 Å². The lowest BCUT2D eigenvalue weighted by Gasteiger charge is -2.08. The molecule has 0 saturated carbocycles. The highest BCUT2D eigenvalue weighted by Gasteiger charge is 2.10. The summed E-state index contributed by atoms with van der Waals surface area (Å²) in [7, 11) is 0. The lowest BCUT2D eigenvalue weighted by Crippen LogP contribution is -2.12. The number of ether oxygens (including phenoxy) is 2. The van der Waals surface area contributed by atoms with Gasteiger partial charge < -0.3 is 14.8 Å². The first-order valence-corrected chi connectivity index (χ1v) is 8.57. The number of carbonyl (C=O) groups is 2. The van der Waals surface area contributed by atoms with Crippen LogP contribution < -0.4 is 14.8 Å². The number of amides is 1. The molecule has 0 heterocycles. The van der Waals surface area contributed by atoms with Crippen LogP contribution >= 0.6 is 0 Å². The third-order valence-corrected chi connectivity index (χ3v) is 3.76. The maximum Gasteiger partial charge on any atom is 0.343 e. The van der Waals surface area contributed by atoms with Crippen molar-refractivity contribution < 1.29 is 19.1 Å². The van der Waals surface area contributed by atoms with Crippen LogP contribution in [-0.2, 0) is 0 Å². The van der Waals surface area contributed by atoms with Gasteiger partial charge in [0.2, 0.25) is 0 Å². The van der Waals surface area contributed by atoms with Crippen molar-refractivity contribution in [1.29, 1.82) is 0 Å². The second-order valence-corrected chi connectivity index (χ2v) is 5.69. The predicted molar refractivity (Wildman–Crippen MR) is 103 cm³/mol. The molecule has 0 radical (unpaired) electrons. The molecule has 3 aromatic rings. The highest BCUT2D eigenvalue weighted by Crippen LogP contribution is 2.19. The molecule has 3 rings (SSSR count). The number of benzene rings is 3. The van der Waals surface area contributed by atoms with Gasteiger partial charge in [-0.25, -0.2) is 4.79 Å². The van der Waals surface area contributed by atoms with Gasteiger partial charge in [-0.3, -0.25) is 4.79 Å². The van der Waals surface area contributed by atoms with Crippen LogP contribution in [0.3, 0.4) is 0 Å².